The molecule has 0 unspecified atom stereocenters. The van der Waals surface area contributed by atoms with E-state index in [1.165, 1.54) is 6.07 Å². The molecule has 0 spiro atoms. The van der Waals surface area contributed by atoms with Crippen molar-refractivity contribution in [1.29, 1.82) is 0 Å². The molecule has 1 aliphatic rings. The summed E-state index contributed by atoms with van der Waals surface area (Å²) in [7, 11) is 0. The standard InChI is InChI=1S/C25H21Cl3N4O2S/c26-17-3-1-16(2-4-17)24(34)32-13-11-31(12-14-32)20-8-6-19(7-9-20)29-25(35)30-23(33)21-15-18(27)5-10-22(21)28/h1-10,15H,11-14H2,(H2,29,30,33,35). The van der Waals surface area contributed by atoms with Crippen LogP contribution in [0.1, 0.15) is 20.7 Å². The van der Waals surface area contributed by atoms with Gasteiger partial charge in [-0.1, -0.05) is 34.8 Å². The van der Waals surface area contributed by atoms with Crippen LogP contribution in [0.25, 0.3) is 0 Å². The zero-order valence-electron chi connectivity index (χ0n) is 18.4. The second-order valence-corrected chi connectivity index (χ2v) is 9.55. The van der Waals surface area contributed by atoms with Crippen LogP contribution in [-0.2, 0) is 0 Å². The van der Waals surface area contributed by atoms with Crippen molar-refractivity contribution in [3.05, 3.63) is 92.9 Å². The van der Waals surface area contributed by atoms with Gasteiger partial charge in [0.25, 0.3) is 11.8 Å². The second kappa shape index (κ2) is 11.3. The van der Waals surface area contributed by atoms with Gasteiger partial charge in [0.2, 0.25) is 0 Å². The summed E-state index contributed by atoms with van der Waals surface area (Å²) in [5.41, 5.74) is 2.65. The topological polar surface area (TPSA) is 64.7 Å². The maximum absolute atomic E-state index is 12.7. The lowest BCUT2D eigenvalue weighted by Crippen LogP contribution is -2.48. The molecule has 2 amide bonds. The molecule has 180 valence electrons. The smallest absolute Gasteiger partial charge is 0.258 e. The molecule has 6 nitrogen and oxygen atoms in total. The van der Waals surface area contributed by atoms with Gasteiger partial charge in [0.05, 0.1) is 10.6 Å². The van der Waals surface area contributed by atoms with Crippen LogP contribution in [0.2, 0.25) is 15.1 Å². The summed E-state index contributed by atoms with van der Waals surface area (Å²) in [6, 6.07) is 19.3. The minimum Gasteiger partial charge on any atom is -0.368 e. The normalized spacial score (nSPS) is 13.3. The Labute approximate surface area is 223 Å². The highest BCUT2D eigenvalue weighted by Crippen LogP contribution is 2.22. The van der Waals surface area contributed by atoms with Crippen LogP contribution in [0.3, 0.4) is 0 Å². The summed E-state index contributed by atoms with van der Waals surface area (Å²) in [5.74, 6) is -0.437. The van der Waals surface area contributed by atoms with Gasteiger partial charge in [-0.05, 0) is 78.9 Å². The fraction of sp³-hybridized carbons (Fsp3) is 0.160. The van der Waals surface area contributed by atoms with Crippen LogP contribution in [-0.4, -0.2) is 48.0 Å². The Kier molecular flexibility index (Phi) is 8.13. The zero-order chi connectivity index (χ0) is 24.9. The summed E-state index contributed by atoms with van der Waals surface area (Å²) in [5, 5.41) is 7.05. The third-order valence-electron chi connectivity index (χ3n) is 5.55. The van der Waals surface area contributed by atoms with Gasteiger partial charge >= 0.3 is 0 Å². The van der Waals surface area contributed by atoms with E-state index < -0.39 is 5.91 Å². The Morgan fingerprint density at radius 2 is 1.43 bits per heavy atom. The molecular weight excluding hydrogens is 527 g/mol. The first kappa shape index (κ1) is 25.3. The van der Waals surface area contributed by atoms with E-state index in [4.69, 9.17) is 47.0 Å². The molecule has 0 atom stereocenters. The molecular formula is C25H21Cl3N4O2S. The van der Waals surface area contributed by atoms with Crippen molar-refractivity contribution in [3.8, 4) is 0 Å². The van der Waals surface area contributed by atoms with E-state index in [1.54, 1.807) is 36.4 Å². The number of thiocarbonyl (C=S) groups is 1. The summed E-state index contributed by atoms with van der Waals surface area (Å²) in [6.45, 7) is 2.70. The number of halogens is 3. The molecule has 2 N–H and O–H groups in total. The minimum atomic E-state index is -0.447. The van der Waals surface area contributed by atoms with E-state index in [0.717, 1.165) is 24.5 Å². The van der Waals surface area contributed by atoms with Crippen molar-refractivity contribution in [1.82, 2.24) is 10.2 Å². The number of hydrogen-bond donors (Lipinski definition) is 2. The van der Waals surface area contributed by atoms with Crippen LogP contribution < -0.4 is 15.5 Å². The molecule has 4 rings (SSSR count). The molecule has 1 fully saturated rings. The highest BCUT2D eigenvalue weighted by atomic mass is 35.5. The molecule has 0 radical (unpaired) electrons. The van der Waals surface area contributed by atoms with E-state index >= 15 is 0 Å². The Morgan fingerprint density at radius 1 is 0.800 bits per heavy atom. The first-order valence-corrected chi connectivity index (χ1v) is 12.3. The lowest BCUT2D eigenvalue weighted by Gasteiger charge is -2.36. The minimum absolute atomic E-state index is 0.00971. The molecule has 3 aromatic carbocycles. The zero-order valence-corrected chi connectivity index (χ0v) is 21.5. The first-order chi connectivity index (χ1) is 16.8. The van der Waals surface area contributed by atoms with Gasteiger partial charge in [0.15, 0.2) is 5.11 Å². The molecule has 0 saturated carbocycles. The second-order valence-electron chi connectivity index (χ2n) is 7.87. The fourth-order valence-electron chi connectivity index (χ4n) is 3.70. The van der Waals surface area contributed by atoms with E-state index in [9.17, 15) is 9.59 Å². The number of anilines is 2. The number of rotatable bonds is 4. The molecule has 10 heteroatoms. The molecule has 0 aliphatic carbocycles. The Bertz CT molecular complexity index is 1240. The van der Waals surface area contributed by atoms with Gasteiger partial charge in [-0.25, -0.2) is 0 Å². The largest absolute Gasteiger partial charge is 0.368 e. The van der Waals surface area contributed by atoms with Gasteiger partial charge in [-0.3, -0.25) is 14.9 Å². The molecule has 35 heavy (non-hydrogen) atoms. The highest BCUT2D eigenvalue weighted by molar-refractivity contribution is 7.80. The van der Waals surface area contributed by atoms with Crippen molar-refractivity contribution in [2.75, 3.05) is 36.4 Å². The number of nitrogens with one attached hydrogen (secondary N) is 2. The van der Waals surface area contributed by atoms with Crippen LogP contribution in [0, 0.1) is 0 Å². The molecule has 0 bridgehead atoms. The van der Waals surface area contributed by atoms with Crippen molar-refractivity contribution in [2.24, 2.45) is 0 Å². The van der Waals surface area contributed by atoms with Crippen molar-refractivity contribution in [2.45, 2.75) is 0 Å². The van der Waals surface area contributed by atoms with Gasteiger partial charge < -0.3 is 15.1 Å². The molecule has 1 heterocycles. The fourth-order valence-corrected chi connectivity index (χ4v) is 4.41. The van der Waals surface area contributed by atoms with Crippen molar-refractivity contribution < 1.29 is 9.59 Å². The average Bonchev–Trinajstić information content (AvgIpc) is 2.86. The molecule has 1 aliphatic heterocycles. The van der Waals surface area contributed by atoms with Crippen LogP contribution in [0.4, 0.5) is 11.4 Å². The number of benzene rings is 3. The van der Waals surface area contributed by atoms with E-state index in [-0.39, 0.29) is 21.6 Å². The van der Waals surface area contributed by atoms with Crippen LogP contribution in [0.5, 0.6) is 0 Å². The van der Waals surface area contributed by atoms with Gasteiger partial charge in [-0.15, -0.1) is 0 Å². The quantitative estimate of drug-likeness (QED) is 0.408. The number of carbonyl (C=O) groups excluding carboxylic acids is 2. The van der Waals surface area contributed by atoms with E-state index in [2.05, 4.69) is 15.5 Å². The number of piperazine rings is 1. The van der Waals surface area contributed by atoms with E-state index in [0.29, 0.717) is 28.7 Å². The summed E-state index contributed by atoms with van der Waals surface area (Å²) < 4.78 is 0. The monoisotopic (exact) mass is 546 g/mol. The van der Waals surface area contributed by atoms with Gasteiger partial charge in [0.1, 0.15) is 0 Å². The lowest BCUT2D eigenvalue weighted by atomic mass is 10.1. The average molecular weight is 548 g/mol. The summed E-state index contributed by atoms with van der Waals surface area (Å²) in [6.07, 6.45) is 0. The summed E-state index contributed by atoms with van der Waals surface area (Å²) in [4.78, 5) is 29.2. The number of carbonyl (C=O) groups is 2. The third kappa shape index (κ3) is 6.44. The van der Waals surface area contributed by atoms with Crippen molar-refractivity contribution in [3.63, 3.8) is 0 Å². The predicted molar refractivity (Wildman–Crippen MR) is 146 cm³/mol. The number of nitrogens with zero attached hydrogens (tertiary/aromatic N) is 2. The maximum atomic E-state index is 12.7. The number of amides is 2. The molecule has 1 saturated heterocycles. The Morgan fingerprint density at radius 3 is 2.09 bits per heavy atom. The van der Waals surface area contributed by atoms with E-state index in [1.807, 2.05) is 29.2 Å². The maximum Gasteiger partial charge on any atom is 0.258 e. The molecule has 0 aromatic heterocycles. The third-order valence-corrected chi connectivity index (χ3v) is 6.57. The Hall–Kier alpha value is -2.84. The highest BCUT2D eigenvalue weighted by Gasteiger charge is 2.22. The summed E-state index contributed by atoms with van der Waals surface area (Å²) >= 11 is 23.2. The first-order valence-electron chi connectivity index (χ1n) is 10.8. The van der Waals surface area contributed by atoms with Crippen LogP contribution >= 0.6 is 47.0 Å². The SMILES string of the molecule is O=C(NC(=S)Nc1ccc(N2CCN(C(=O)c3ccc(Cl)cc3)CC2)cc1)c1cc(Cl)ccc1Cl. The Balaban J connectivity index is 1.29. The number of hydrogen-bond acceptors (Lipinski definition) is 4. The van der Waals surface area contributed by atoms with Gasteiger partial charge in [-0.2, -0.15) is 0 Å². The van der Waals surface area contributed by atoms with Crippen molar-refractivity contribution >= 4 is 75.3 Å². The molecule has 3 aromatic rings. The van der Waals surface area contributed by atoms with Gasteiger partial charge in [0, 0.05) is 53.2 Å². The van der Waals surface area contributed by atoms with Crippen LogP contribution in [0.15, 0.2) is 66.7 Å². The predicted octanol–water partition coefficient (Wildman–Crippen LogP) is 5.74. The lowest BCUT2D eigenvalue weighted by molar-refractivity contribution is 0.0746.